The van der Waals surface area contributed by atoms with E-state index in [9.17, 15) is 9.90 Å². The van der Waals surface area contributed by atoms with E-state index in [1.165, 1.54) is 14.2 Å². The van der Waals surface area contributed by atoms with Crippen molar-refractivity contribution in [2.75, 3.05) is 14.2 Å². The number of aliphatic carboxylic acids is 1. The Morgan fingerprint density at radius 3 is 2.12 bits per heavy atom. The zero-order valence-electron chi connectivity index (χ0n) is 10.1. The molecule has 1 aromatic rings. The summed E-state index contributed by atoms with van der Waals surface area (Å²) < 4.78 is 10.3. The first kappa shape index (κ1) is 13.3. The lowest BCUT2D eigenvalue weighted by Crippen LogP contribution is -2.09. The summed E-state index contributed by atoms with van der Waals surface area (Å²) in [5, 5.41) is 18.6. The third-order valence-corrected chi connectivity index (χ3v) is 2.39. The van der Waals surface area contributed by atoms with Gasteiger partial charge in [-0.2, -0.15) is 0 Å². The fourth-order valence-corrected chi connectivity index (χ4v) is 1.67. The van der Waals surface area contributed by atoms with Crippen LogP contribution < -0.4 is 9.47 Å². The molecule has 0 bridgehead atoms. The lowest BCUT2D eigenvalue weighted by Gasteiger charge is -2.17. The zero-order chi connectivity index (χ0) is 13.0. The van der Waals surface area contributed by atoms with Crippen molar-refractivity contribution in [3.8, 4) is 11.5 Å². The number of carboxylic acids is 1. The largest absolute Gasteiger partial charge is 0.496 e. The van der Waals surface area contributed by atoms with Crippen molar-refractivity contribution >= 4 is 5.97 Å². The summed E-state index contributed by atoms with van der Waals surface area (Å²) in [6.45, 7) is 1.86. The Kier molecular flexibility index (Phi) is 4.34. The first-order chi connectivity index (χ1) is 7.99. The number of aryl methyl sites for hydroxylation is 1. The summed E-state index contributed by atoms with van der Waals surface area (Å²) in [6.07, 6.45) is -1.55. The molecular formula is C12H16O5. The molecule has 0 amide bonds. The summed E-state index contributed by atoms with van der Waals surface area (Å²) in [6, 6.07) is 3.45. The molecule has 0 saturated carbocycles. The Morgan fingerprint density at radius 1 is 1.29 bits per heavy atom. The Hall–Kier alpha value is -1.75. The zero-order valence-corrected chi connectivity index (χ0v) is 10.1. The van der Waals surface area contributed by atoms with Gasteiger partial charge in [-0.25, -0.2) is 0 Å². The van der Waals surface area contributed by atoms with Crippen LogP contribution in [0.3, 0.4) is 0 Å². The molecule has 0 aromatic heterocycles. The summed E-state index contributed by atoms with van der Waals surface area (Å²) in [5.41, 5.74) is 1.27. The van der Waals surface area contributed by atoms with Crippen LogP contribution in [0.2, 0.25) is 0 Å². The predicted octanol–water partition coefficient (Wildman–Crippen LogP) is 1.52. The van der Waals surface area contributed by atoms with Crippen molar-refractivity contribution < 1.29 is 24.5 Å². The highest BCUT2D eigenvalue weighted by molar-refractivity contribution is 5.68. The van der Waals surface area contributed by atoms with Crippen molar-refractivity contribution in [3.05, 3.63) is 23.3 Å². The Labute approximate surface area is 99.6 Å². The highest BCUT2D eigenvalue weighted by atomic mass is 16.5. The first-order valence-electron chi connectivity index (χ1n) is 5.12. The van der Waals surface area contributed by atoms with E-state index in [0.717, 1.165) is 5.56 Å². The van der Waals surface area contributed by atoms with Crippen LogP contribution in [0.1, 0.15) is 23.7 Å². The minimum absolute atomic E-state index is 0.364. The Balaban J connectivity index is 3.23. The Morgan fingerprint density at radius 2 is 1.76 bits per heavy atom. The van der Waals surface area contributed by atoms with Gasteiger partial charge < -0.3 is 19.7 Å². The van der Waals surface area contributed by atoms with Crippen molar-refractivity contribution in [3.63, 3.8) is 0 Å². The van der Waals surface area contributed by atoms with E-state index in [0.29, 0.717) is 17.1 Å². The molecule has 0 aliphatic rings. The third kappa shape index (κ3) is 3.10. The van der Waals surface area contributed by atoms with Crippen molar-refractivity contribution in [1.29, 1.82) is 0 Å². The second-order valence-corrected chi connectivity index (χ2v) is 3.70. The van der Waals surface area contributed by atoms with Crippen LogP contribution in [-0.2, 0) is 4.79 Å². The number of rotatable bonds is 5. The van der Waals surface area contributed by atoms with E-state index in [1.807, 2.05) is 6.92 Å². The van der Waals surface area contributed by atoms with Gasteiger partial charge in [0.2, 0.25) is 0 Å². The highest BCUT2D eigenvalue weighted by Crippen LogP contribution is 2.36. The van der Waals surface area contributed by atoms with Crippen molar-refractivity contribution in [2.24, 2.45) is 0 Å². The smallest absolute Gasteiger partial charge is 0.306 e. The minimum Gasteiger partial charge on any atom is -0.496 e. The molecule has 0 fully saturated rings. The topological polar surface area (TPSA) is 76.0 Å². The van der Waals surface area contributed by atoms with Crippen LogP contribution in [0.15, 0.2) is 12.1 Å². The third-order valence-electron chi connectivity index (χ3n) is 2.39. The number of benzene rings is 1. The van der Waals surface area contributed by atoms with Crippen LogP contribution >= 0.6 is 0 Å². The van der Waals surface area contributed by atoms with Crippen LogP contribution in [0.25, 0.3) is 0 Å². The molecule has 0 spiro atoms. The van der Waals surface area contributed by atoms with E-state index >= 15 is 0 Å². The minimum atomic E-state index is -1.15. The summed E-state index contributed by atoms with van der Waals surface area (Å²) in [7, 11) is 2.93. The van der Waals surface area contributed by atoms with Crippen LogP contribution in [0.5, 0.6) is 11.5 Å². The van der Waals surface area contributed by atoms with Gasteiger partial charge >= 0.3 is 5.97 Å². The van der Waals surface area contributed by atoms with Gasteiger partial charge in [0.25, 0.3) is 0 Å². The van der Waals surface area contributed by atoms with E-state index in [2.05, 4.69) is 0 Å². The standard InChI is InChI=1S/C12H16O5/c1-7-4-9(16-2)12(10(5-7)17-3)8(13)6-11(14)15/h4-5,8,13H,6H2,1-3H3,(H,14,15)/t8-/m1/s1. The molecular weight excluding hydrogens is 224 g/mol. The second kappa shape index (κ2) is 5.54. The summed E-state index contributed by atoms with van der Waals surface area (Å²) in [5.74, 6) is -0.228. The number of aliphatic hydroxyl groups is 1. The van der Waals surface area contributed by atoms with Gasteiger partial charge in [0.05, 0.1) is 32.3 Å². The average molecular weight is 240 g/mol. The number of hydrogen-bond donors (Lipinski definition) is 2. The molecule has 1 rings (SSSR count). The van der Waals surface area contributed by atoms with Gasteiger partial charge in [-0.15, -0.1) is 0 Å². The predicted molar refractivity (Wildman–Crippen MR) is 61.5 cm³/mol. The number of methoxy groups -OCH3 is 2. The molecule has 0 unspecified atom stereocenters. The van der Waals surface area contributed by atoms with Gasteiger partial charge in [-0.05, 0) is 24.6 Å². The van der Waals surface area contributed by atoms with E-state index in [4.69, 9.17) is 14.6 Å². The molecule has 0 aliphatic carbocycles. The molecule has 0 saturated heterocycles. The van der Waals surface area contributed by atoms with Gasteiger partial charge in [0.1, 0.15) is 11.5 Å². The molecule has 5 heteroatoms. The molecule has 1 aromatic carbocycles. The normalized spacial score (nSPS) is 12.0. The molecule has 94 valence electrons. The van der Waals surface area contributed by atoms with Crippen molar-refractivity contribution in [2.45, 2.75) is 19.4 Å². The SMILES string of the molecule is COc1cc(C)cc(OC)c1[C@H](O)CC(=O)O. The molecule has 0 aliphatic heterocycles. The van der Waals surface area contributed by atoms with E-state index in [-0.39, 0.29) is 0 Å². The lowest BCUT2D eigenvalue weighted by atomic mass is 10.0. The average Bonchev–Trinajstić information content (AvgIpc) is 2.26. The van der Waals surface area contributed by atoms with E-state index < -0.39 is 18.5 Å². The molecule has 0 heterocycles. The number of ether oxygens (including phenoxy) is 2. The molecule has 2 N–H and O–H groups in total. The van der Waals surface area contributed by atoms with Gasteiger partial charge in [-0.1, -0.05) is 0 Å². The number of aliphatic hydroxyl groups excluding tert-OH is 1. The molecule has 5 nitrogen and oxygen atoms in total. The quantitative estimate of drug-likeness (QED) is 0.816. The molecule has 1 atom stereocenters. The summed E-state index contributed by atoms with van der Waals surface area (Å²) >= 11 is 0. The maximum absolute atomic E-state index is 10.6. The monoisotopic (exact) mass is 240 g/mol. The lowest BCUT2D eigenvalue weighted by molar-refractivity contribution is -0.139. The number of carbonyl (C=O) groups is 1. The van der Waals surface area contributed by atoms with Gasteiger partial charge in [-0.3, -0.25) is 4.79 Å². The summed E-state index contributed by atoms with van der Waals surface area (Å²) in [4.78, 5) is 10.6. The van der Waals surface area contributed by atoms with Crippen LogP contribution in [-0.4, -0.2) is 30.4 Å². The fraction of sp³-hybridized carbons (Fsp3) is 0.417. The maximum Gasteiger partial charge on any atom is 0.306 e. The van der Waals surface area contributed by atoms with Crippen LogP contribution in [0.4, 0.5) is 0 Å². The fourth-order valence-electron chi connectivity index (χ4n) is 1.67. The van der Waals surface area contributed by atoms with E-state index in [1.54, 1.807) is 12.1 Å². The maximum atomic E-state index is 10.6. The number of hydrogen-bond acceptors (Lipinski definition) is 4. The molecule has 17 heavy (non-hydrogen) atoms. The first-order valence-corrected chi connectivity index (χ1v) is 5.12. The van der Waals surface area contributed by atoms with Crippen molar-refractivity contribution in [1.82, 2.24) is 0 Å². The Bertz CT molecular complexity index is 388. The second-order valence-electron chi connectivity index (χ2n) is 3.70. The number of carboxylic acid groups (broad SMARTS) is 1. The van der Waals surface area contributed by atoms with Gasteiger partial charge in [0.15, 0.2) is 0 Å². The highest BCUT2D eigenvalue weighted by Gasteiger charge is 2.21. The van der Waals surface area contributed by atoms with Gasteiger partial charge in [0, 0.05) is 0 Å². The molecule has 0 radical (unpaired) electrons. The van der Waals surface area contributed by atoms with Crippen LogP contribution in [0, 0.1) is 6.92 Å².